The van der Waals surface area contributed by atoms with Gasteiger partial charge in [0.25, 0.3) is 5.56 Å². The fourth-order valence-corrected chi connectivity index (χ4v) is 4.21. The van der Waals surface area contributed by atoms with Crippen molar-refractivity contribution in [3.8, 4) is 0 Å². The zero-order valence-electron chi connectivity index (χ0n) is 14.8. The lowest BCUT2D eigenvalue weighted by molar-refractivity contribution is 0.577. The van der Waals surface area contributed by atoms with Gasteiger partial charge in [-0.2, -0.15) is 0 Å². The molecule has 1 atom stereocenters. The molecule has 0 spiro atoms. The lowest BCUT2D eigenvalue weighted by Crippen LogP contribution is -2.28. The fourth-order valence-electron chi connectivity index (χ4n) is 2.89. The molecule has 1 aromatic carbocycles. The van der Waals surface area contributed by atoms with E-state index in [4.69, 9.17) is 11.6 Å². The summed E-state index contributed by atoms with van der Waals surface area (Å²) in [5.41, 5.74) is 1.60. The van der Waals surface area contributed by atoms with Crippen molar-refractivity contribution < 1.29 is 0 Å². The van der Waals surface area contributed by atoms with Gasteiger partial charge < -0.3 is 9.88 Å². The van der Waals surface area contributed by atoms with Gasteiger partial charge in [0, 0.05) is 33.0 Å². The van der Waals surface area contributed by atoms with Crippen molar-refractivity contribution in [1.29, 1.82) is 0 Å². The lowest BCUT2D eigenvalue weighted by atomic mass is 10.1. The normalized spacial score (nSPS) is 12.4. The summed E-state index contributed by atoms with van der Waals surface area (Å²) >= 11 is 9.40. The van der Waals surface area contributed by atoms with Crippen LogP contribution in [0.5, 0.6) is 0 Å². The third-order valence-corrected chi connectivity index (χ3v) is 6.18. The predicted octanol–water partition coefficient (Wildman–Crippen LogP) is 5.39. The van der Waals surface area contributed by atoms with E-state index in [1.54, 1.807) is 27.7 Å². The van der Waals surface area contributed by atoms with E-state index >= 15 is 0 Å². The molecule has 0 aliphatic carbocycles. The van der Waals surface area contributed by atoms with E-state index in [2.05, 4.69) is 42.4 Å². The van der Waals surface area contributed by atoms with Crippen LogP contribution in [0.4, 0.5) is 0 Å². The van der Waals surface area contributed by atoms with Gasteiger partial charge in [0.05, 0.1) is 12.1 Å². The molecule has 0 saturated carbocycles. The van der Waals surface area contributed by atoms with E-state index in [0.29, 0.717) is 18.1 Å². The number of thiophene rings is 1. The van der Waals surface area contributed by atoms with Gasteiger partial charge in [-0.25, -0.2) is 0 Å². The average Bonchev–Trinajstić information content (AvgIpc) is 3.16. The van der Waals surface area contributed by atoms with E-state index in [9.17, 15) is 4.79 Å². The first-order valence-corrected chi connectivity index (χ1v) is 10.8. The lowest BCUT2D eigenvalue weighted by Gasteiger charge is -2.16. The molecule has 0 saturated heterocycles. The Morgan fingerprint density at radius 3 is 2.85 bits per heavy atom. The topological polar surface area (TPSA) is 34.0 Å². The Labute approximate surface area is 166 Å². The molecular formula is C20H21ClN2OS2. The van der Waals surface area contributed by atoms with Crippen LogP contribution in [-0.4, -0.2) is 10.8 Å². The van der Waals surface area contributed by atoms with E-state index < -0.39 is 0 Å². The molecule has 2 heterocycles. The highest BCUT2D eigenvalue weighted by molar-refractivity contribution is 7.98. The zero-order valence-corrected chi connectivity index (χ0v) is 17.2. The van der Waals surface area contributed by atoms with Crippen LogP contribution >= 0.6 is 34.7 Å². The van der Waals surface area contributed by atoms with Crippen molar-refractivity contribution in [3.63, 3.8) is 0 Å². The molecule has 2 aromatic heterocycles. The Balaban J connectivity index is 1.98. The number of halogens is 1. The van der Waals surface area contributed by atoms with Crippen LogP contribution in [0.3, 0.4) is 0 Å². The molecule has 3 aromatic rings. The van der Waals surface area contributed by atoms with Gasteiger partial charge in [0.1, 0.15) is 0 Å². The van der Waals surface area contributed by atoms with E-state index in [1.807, 2.05) is 24.5 Å². The molecule has 6 heteroatoms. The molecule has 0 fully saturated rings. The second kappa shape index (κ2) is 8.44. The molecule has 1 N–H and O–H groups in total. The van der Waals surface area contributed by atoms with Crippen LogP contribution in [0.25, 0.3) is 10.9 Å². The van der Waals surface area contributed by atoms with Crippen LogP contribution in [0.15, 0.2) is 63.1 Å². The van der Waals surface area contributed by atoms with Gasteiger partial charge >= 0.3 is 0 Å². The summed E-state index contributed by atoms with van der Waals surface area (Å²) in [6, 6.07) is 12.5. The monoisotopic (exact) mass is 404 g/mol. The number of hydrogen-bond acceptors (Lipinski definition) is 4. The minimum atomic E-state index is -0.0246. The number of aromatic nitrogens is 1. The summed E-state index contributed by atoms with van der Waals surface area (Å²) in [7, 11) is 0. The maximum Gasteiger partial charge on any atom is 0.255 e. The highest BCUT2D eigenvalue weighted by Gasteiger charge is 2.12. The van der Waals surface area contributed by atoms with Crippen molar-refractivity contribution in [1.82, 2.24) is 9.88 Å². The average molecular weight is 405 g/mol. The van der Waals surface area contributed by atoms with Gasteiger partial charge in [-0.3, -0.25) is 4.79 Å². The van der Waals surface area contributed by atoms with Crippen LogP contribution in [-0.2, 0) is 13.1 Å². The minimum Gasteiger partial charge on any atom is -0.305 e. The number of nitrogens with zero attached hydrogens (tertiary/aromatic N) is 1. The highest BCUT2D eigenvalue weighted by Crippen LogP contribution is 2.23. The van der Waals surface area contributed by atoms with Crippen molar-refractivity contribution in [2.24, 2.45) is 0 Å². The summed E-state index contributed by atoms with van der Waals surface area (Å²) in [4.78, 5) is 15.4. The van der Waals surface area contributed by atoms with Crippen molar-refractivity contribution in [3.05, 3.63) is 74.2 Å². The highest BCUT2D eigenvalue weighted by atomic mass is 35.5. The summed E-state index contributed by atoms with van der Waals surface area (Å²) in [5, 5.41) is 6.98. The van der Waals surface area contributed by atoms with Gasteiger partial charge in [-0.1, -0.05) is 30.3 Å². The summed E-state index contributed by atoms with van der Waals surface area (Å²) in [6.07, 6.45) is 2.02. The molecule has 3 nitrogen and oxygen atoms in total. The van der Waals surface area contributed by atoms with Gasteiger partial charge in [-0.05, 0) is 48.2 Å². The Hall–Kier alpha value is -1.53. The molecule has 0 aliphatic rings. The molecule has 0 aliphatic heterocycles. The Morgan fingerprint density at radius 1 is 1.38 bits per heavy atom. The maximum absolute atomic E-state index is 13.0. The number of allylic oxidation sites excluding steroid dienone is 1. The third-order valence-electron chi connectivity index (χ3n) is 4.28. The van der Waals surface area contributed by atoms with Crippen molar-refractivity contribution >= 4 is 45.6 Å². The fraction of sp³-hybridized carbons (Fsp3) is 0.250. The first-order valence-electron chi connectivity index (χ1n) is 8.30. The van der Waals surface area contributed by atoms with Crippen LogP contribution in [0, 0.1) is 0 Å². The van der Waals surface area contributed by atoms with E-state index in [1.165, 1.54) is 4.88 Å². The third kappa shape index (κ3) is 4.23. The first-order chi connectivity index (χ1) is 12.5. The van der Waals surface area contributed by atoms with Gasteiger partial charge in [0.2, 0.25) is 0 Å². The zero-order chi connectivity index (χ0) is 18.7. The molecule has 0 bridgehead atoms. The number of fused-ring (bicyclic) bond motifs is 1. The summed E-state index contributed by atoms with van der Waals surface area (Å²) in [6.45, 7) is 6.69. The standard InChI is InChI=1S/C20H21ClN2OS2/c1-13(21)12-23-18-10-17(25-3)7-6-15(18)9-16(20(23)24)11-22-14(2)19-5-4-8-26-19/h4-10,14,22H,1,11-12H2,2-3H3/t14-/m0/s1. The maximum atomic E-state index is 13.0. The molecule has 136 valence electrons. The molecule has 0 radical (unpaired) electrons. The first kappa shape index (κ1) is 19.2. The van der Waals surface area contributed by atoms with Crippen LogP contribution in [0.1, 0.15) is 23.4 Å². The molecule has 26 heavy (non-hydrogen) atoms. The smallest absolute Gasteiger partial charge is 0.255 e. The molecule has 3 rings (SSSR count). The number of rotatable bonds is 7. The quantitative estimate of drug-likeness (QED) is 0.536. The predicted molar refractivity (Wildman–Crippen MR) is 115 cm³/mol. The number of nitrogens with one attached hydrogen (secondary N) is 1. The molecular weight excluding hydrogens is 384 g/mol. The van der Waals surface area contributed by atoms with Crippen molar-refractivity contribution in [2.45, 2.75) is 31.0 Å². The number of benzene rings is 1. The minimum absolute atomic E-state index is 0.0246. The molecule has 0 unspecified atom stereocenters. The molecule has 0 amide bonds. The van der Waals surface area contributed by atoms with Gasteiger partial charge in [0.15, 0.2) is 0 Å². The van der Waals surface area contributed by atoms with E-state index in [-0.39, 0.29) is 11.6 Å². The number of pyridine rings is 1. The largest absolute Gasteiger partial charge is 0.305 e. The van der Waals surface area contributed by atoms with Gasteiger partial charge in [-0.15, -0.1) is 23.1 Å². The SMILES string of the molecule is C=C(Cl)Cn1c(=O)c(CN[C@@H](C)c2cccs2)cc2ccc(SC)cc21. The summed E-state index contributed by atoms with van der Waals surface area (Å²) in [5.74, 6) is 0. The second-order valence-electron chi connectivity index (χ2n) is 6.12. The summed E-state index contributed by atoms with van der Waals surface area (Å²) < 4.78 is 1.72. The second-order valence-corrected chi connectivity index (χ2v) is 8.51. The number of hydrogen-bond donors (Lipinski definition) is 1. The van der Waals surface area contributed by atoms with Crippen LogP contribution < -0.4 is 10.9 Å². The Morgan fingerprint density at radius 2 is 2.19 bits per heavy atom. The van der Waals surface area contributed by atoms with Crippen LogP contribution in [0.2, 0.25) is 0 Å². The Bertz CT molecular complexity index is 979. The van der Waals surface area contributed by atoms with E-state index in [0.717, 1.165) is 21.4 Å². The Kier molecular flexibility index (Phi) is 6.24. The number of thioether (sulfide) groups is 1. The van der Waals surface area contributed by atoms with Crippen molar-refractivity contribution in [2.75, 3.05) is 6.26 Å².